The van der Waals surface area contributed by atoms with Crippen molar-refractivity contribution in [3.05, 3.63) is 55.4 Å². The van der Waals surface area contributed by atoms with Gasteiger partial charge in [-0.25, -0.2) is 14.8 Å². The molecule has 0 aliphatic carbocycles. The van der Waals surface area contributed by atoms with E-state index < -0.39 is 21.9 Å². The molecule has 0 spiro atoms. The highest BCUT2D eigenvalue weighted by Gasteiger charge is 2.26. The number of hydrogen-bond donors (Lipinski definition) is 1. The number of amides is 1. The predicted molar refractivity (Wildman–Crippen MR) is 129 cm³/mol. The minimum atomic E-state index is -0.582. The van der Waals surface area contributed by atoms with E-state index in [1.54, 1.807) is 26.1 Å². The minimum absolute atomic E-state index is 0.214. The first-order valence-electron chi connectivity index (χ1n) is 10.0. The van der Waals surface area contributed by atoms with Crippen molar-refractivity contribution < 1.29 is 4.79 Å². The summed E-state index contributed by atoms with van der Waals surface area (Å²) < 4.78 is 2.35. The minimum Gasteiger partial charge on any atom is -0.325 e. The van der Waals surface area contributed by atoms with Crippen molar-refractivity contribution in [2.45, 2.75) is 50.3 Å². The molecule has 1 N–H and O–H groups in total. The highest BCUT2D eigenvalue weighted by atomic mass is 35.5. The van der Waals surface area contributed by atoms with Crippen molar-refractivity contribution in [1.82, 2.24) is 19.1 Å². The van der Waals surface area contributed by atoms with Crippen LogP contribution >= 0.6 is 23.4 Å². The Morgan fingerprint density at radius 2 is 1.81 bits per heavy atom. The van der Waals surface area contributed by atoms with Gasteiger partial charge in [-0.15, -0.1) is 0 Å². The SMILES string of the molecule is Cc1ccc(Cl)cc1NC(=O)C(C)Sc1nc(C(C)(C)C)nc2c1c(=O)n(C)c(=O)n2C. The van der Waals surface area contributed by atoms with Crippen molar-refractivity contribution in [1.29, 1.82) is 0 Å². The van der Waals surface area contributed by atoms with Crippen molar-refractivity contribution in [2.24, 2.45) is 14.1 Å². The number of halogens is 1. The third-order valence-electron chi connectivity index (χ3n) is 5.05. The van der Waals surface area contributed by atoms with Crippen LogP contribution in [0.25, 0.3) is 11.0 Å². The Hall–Kier alpha value is -2.65. The van der Waals surface area contributed by atoms with Gasteiger partial charge in [0.15, 0.2) is 5.65 Å². The highest BCUT2D eigenvalue weighted by molar-refractivity contribution is 8.00. The molecule has 1 amide bonds. The van der Waals surface area contributed by atoms with E-state index in [-0.39, 0.29) is 16.9 Å². The van der Waals surface area contributed by atoms with Crippen LogP contribution in [0.2, 0.25) is 5.02 Å². The molecule has 0 bridgehead atoms. The van der Waals surface area contributed by atoms with Crippen molar-refractivity contribution in [3.8, 4) is 0 Å². The van der Waals surface area contributed by atoms with Gasteiger partial charge in [-0.05, 0) is 31.5 Å². The number of carbonyl (C=O) groups is 1. The van der Waals surface area contributed by atoms with Crippen LogP contribution in [0.15, 0.2) is 32.8 Å². The molecule has 3 rings (SSSR count). The van der Waals surface area contributed by atoms with E-state index in [0.717, 1.165) is 21.9 Å². The largest absolute Gasteiger partial charge is 0.332 e. The summed E-state index contributed by atoms with van der Waals surface area (Å²) in [6.07, 6.45) is 0. The second-order valence-electron chi connectivity index (χ2n) is 8.72. The Kier molecular flexibility index (Phi) is 6.53. The number of benzene rings is 1. The summed E-state index contributed by atoms with van der Waals surface area (Å²) >= 11 is 7.21. The number of aromatic nitrogens is 4. The summed E-state index contributed by atoms with van der Waals surface area (Å²) in [5, 5.41) is 3.40. The third kappa shape index (κ3) is 4.59. The summed E-state index contributed by atoms with van der Waals surface area (Å²) in [6, 6.07) is 5.27. The zero-order chi connectivity index (χ0) is 24.0. The number of hydrogen-bond acceptors (Lipinski definition) is 6. The molecule has 32 heavy (non-hydrogen) atoms. The molecule has 3 aromatic rings. The maximum atomic E-state index is 12.9. The van der Waals surface area contributed by atoms with Crippen molar-refractivity contribution in [2.75, 3.05) is 5.32 Å². The van der Waals surface area contributed by atoms with E-state index >= 15 is 0 Å². The maximum absolute atomic E-state index is 12.9. The van der Waals surface area contributed by atoms with Crippen LogP contribution in [0.4, 0.5) is 5.69 Å². The van der Waals surface area contributed by atoms with E-state index in [4.69, 9.17) is 11.6 Å². The lowest BCUT2D eigenvalue weighted by Gasteiger charge is -2.20. The fourth-order valence-corrected chi connectivity index (χ4v) is 4.14. The molecule has 2 aromatic heterocycles. The fourth-order valence-electron chi connectivity index (χ4n) is 3.03. The average Bonchev–Trinajstić information content (AvgIpc) is 2.72. The van der Waals surface area contributed by atoms with Crippen LogP contribution in [0, 0.1) is 6.92 Å². The normalized spacial score (nSPS) is 12.8. The summed E-state index contributed by atoms with van der Waals surface area (Å²) in [4.78, 5) is 47.5. The predicted octanol–water partition coefficient (Wildman–Crippen LogP) is 3.41. The van der Waals surface area contributed by atoms with Gasteiger partial charge >= 0.3 is 5.69 Å². The van der Waals surface area contributed by atoms with Gasteiger partial charge in [-0.2, -0.15) is 0 Å². The van der Waals surface area contributed by atoms with Crippen LogP contribution < -0.4 is 16.6 Å². The monoisotopic (exact) mass is 475 g/mol. The number of fused-ring (bicyclic) bond motifs is 1. The van der Waals surface area contributed by atoms with Crippen LogP contribution in [0.3, 0.4) is 0 Å². The lowest BCUT2D eigenvalue weighted by Crippen LogP contribution is -2.38. The van der Waals surface area contributed by atoms with E-state index in [0.29, 0.717) is 21.6 Å². The van der Waals surface area contributed by atoms with Crippen LogP contribution in [-0.2, 0) is 24.3 Å². The average molecular weight is 476 g/mol. The molecule has 1 atom stereocenters. The number of thioether (sulfide) groups is 1. The Morgan fingerprint density at radius 1 is 1.16 bits per heavy atom. The van der Waals surface area contributed by atoms with Gasteiger partial charge in [0, 0.05) is 30.2 Å². The molecule has 0 aliphatic heterocycles. The fraction of sp³-hybridized carbons (Fsp3) is 0.409. The number of nitrogens with zero attached hydrogens (tertiary/aromatic N) is 4. The molecule has 1 unspecified atom stereocenters. The third-order valence-corrected chi connectivity index (χ3v) is 6.37. The maximum Gasteiger partial charge on any atom is 0.332 e. The zero-order valence-electron chi connectivity index (χ0n) is 19.1. The van der Waals surface area contributed by atoms with E-state index in [9.17, 15) is 14.4 Å². The summed E-state index contributed by atoms with van der Waals surface area (Å²) in [7, 11) is 2.98. The number of anilines is 1. The lowest BCUT2D eigenvalue weighted by atomic mass is 9.96. The summed E-state index contributed by atoms with van der Waals surface area (Å²) in [6.45, 7) is 9.44. The Labute approximate surface area is 195 Å². The van der Waals surface area contributed by atoms with Gasteiger partial charge in [0.2, 0.25) is 5.91 Å². The van der Waals surface area contributed by atoms with Crippen molar-refractivity contribution >= 4 is 46.0 Å². The molecule has 1 aromatic carbocycles. The molecular weight excluding hydrogens is 450 g/mol. The standard InChI is InChI=1S/C22H26ClN5O3S/c1-11-8-9-13(23)10-14(11)24-17(29)12(2)32-18-15-16(25-20(26-18)22(3,4)5)27(6)21(31)28(7)19(15)30/h8-10,12H,1-7H3,(H,24,29). The van der Waals surface area contributed by atoms with E-state index in [1.165, 1.54) is 11.6 Å². The van der Waals surface area contributed by atoms with Gasteiger partial charge in [0.25, 0.3) is 5.56 Å². The molecule has 10 heteroatoms. The molecule has 8 nitrogen and oxygen atoms in total. The van der Waals surface area contributed by atoms with Crippen molar-refractivity contribution in [3.63, 3.8) is 0 Å². The van der Waals surface area contributed by atoms with E-state index in [1.807, 2.05) is 33.8 Å². The smallest absolute Gasteiger partial charge is 0.325 e. The second-order valence-corrected chi connectivity index (χ2v) is 10.5. The molecular formula is C22H26ClN5O3S. The number of carbonyl (C=O) groups excluding carboxylic acids is 1. The number of nitrogens with one attached hydrogen (secondary N) is 1. The summed E-state index contributed by atoms with van der Waals surface area (Å²) in [5.41, 5.74) is 0.356. The Bertz CT molecular complexity index is 1340. The first kappa shape index (κ1) is 24.0. The molecule has 2 heterocycles. The molecule has 0 radical (unpaired) electrons. The van der Waals surface area contributed by atoms with Gasteiger partial charge < -0.3 is 5.32 Å². The van der Waals surface area contributed by atoms with Gasteiger partial charge in [-0.1, -0.05) is 50.2 Å². The van der Waals surface area contributed by atoms with Gasteiger partial charge in [0.1, 0.15) is 16.2 Å². The quantitative estimate of drug-likeness (QED) is 0.458. The lowest BCUT2D eigenvalue weighted by molar-refractivity contribution is -0.115. The second kappa shape index (κ2) is 8.71. The molecule has 170 valence electrons. The van der Waals surface area contributed by atoms with Gasteiger partial charge in [-0.3, -0.25) is 18.7 Å². The van der Waals surface area contributed by atoms with Crippen LogP contribution in [-0.4, -0.2) is 30.3 Å². The van der Waals surface area contributed by atoms with E-state index in [2.05, 4.69) is 15.3 Å². The number of rotatable bonds is 4. The first-order valence-corrected chi connectivity index (χ1v) is 11.3. The number of aryl methyl sites for hydroxylation is 2. The highest BCUT2D eigenvalue weighted by Crippen LogP contribution is 2.30. The molecule has 0 aliphatic rings. The zero-order valence-corrected chi connectivity index (χ0v) is 20.7. The topological polar surface area (TPSA) is 98.9 Å². The summed E-state index contributed by atoms with van der Waals surface area (Å²) in [5.74, 6) is 0.222. The van der Waals surface area contributed by atoms with Crippen LogP contribution in [0.5, 0.6) is 0 Å². The molecule has 0 fully saturated rings. The Balaban J connectivity index is 2.09. The van der Waals surface area contributed by atoms with Gasteiger partial charge in [0.05, 0.1) is 5.25 Å². The first-order chi connectivity index (χ1) is 14.8. The Morgan fingerprint density at radius 3 is 2.44 bits per heavy atom. The molecule has 0 saturated carbocycles. The molecule has 0 saturated heterocycles. The van der Waals surface area contributed by atoms with Crippen LogP contribution in [0.1, 0.15) is 39.1 Å².